The summed E-state index contributed by atoms with van der Waals surface area (Å²) in [4.78, 5) is 38.5. The summed E-state index contributed by atoms with van der Waals surface area (Å²) in [6, 6.07) is 15.4. The van der Waals surface area contributed by atoms with Gasteiger partial charge in [-0.25, -0.2) is 9.59 Å². The maximum Gasteiger partial charge on any atom is 0.329 e. The van der Waals surface area contributed by atoms with Crippen molar-refractivity contribution in [2.24, 2.45) is 5.92 Å². The molecule has 0 bridgehead atoms. The molecular weight excluding hydrogens is 382 g/mol. The molecule has 0 radical (unpaired) electrons. The normalized spacial score (nSPS) is 11.5. The second-order valence-corrected chi connectivity index (χ2v) is 7.53. The molecule has 1 atom stereocenters. The smallest absolute Gasteiger partial charge is 0.329 e. The van der Waals surface area contributed by atoms with E-state index in [1.807, 2.05) is 37.3 Å². The van der Waals surface area contributed by atoms with Crippen LogP contribution < -0.4 is 10.6 Å². The van der Waals surface area contributed by atoms with E-state index >= 15 is 0 Å². The SMILES string of the molecule is Cc1ccc(CN(C)C(=O)COC(=O)[C@@H](NC(=O)Nc2ccccc2)C(C)C)cc1. The Morgan fingerprint density at radius 2 is 1.63 bits per heavy atom. The number of anilines is 1. The first kappa shape index (κ1) is 22.9. The van der Waals surface area contributed by atoms with Gasteiger partial charge >= 0.3 is 12.0 Å². The molecule has 2 N–H and O–H groups in total. The zero-order chi connectivity index (χ0) is 22.1. The number of esters is 1. The van der Waals surface area contributed by atoms with Crippen LogP contribution in [0.15, 0.2) is 54.6 Å². The van der Waals surface area contributed by atoms with Crippen LogP contribution in [0.1, 0.15) is 25.0 Å². The number of likely N-dealkylation sites (N-methyl/N-ethyl adjacent to an activating group) is 1. The Morgan fingerprint density at radius 3 is 2.23 bits per heavy atom. The van der Waals surface area contributed by atoms with Gasteiger partial charge in [-0.3, -0.25) is 4.79 Å². The lowest BCUT2D eigenvalue weighted by atomic mass is 10.1. The lowest BCUT2D eigenvalue weighted by Gasteiger charge is -2.22. The largest absolute Gasteiger partial charge is 0.454 e. The number of hydrogen-bond acceptors (Lipinski definition) is 4. The van der Waals surface area contributed by atoms with Crippen molar-refractivity contribution in [3.8, 4) is 0 Å². The summed E-state index contributed by atoms with van der Waals surface area (Å²) in [6.07, 6.45) is 0. The van der Waals surface area contributed by atoms with Gasteiger partial charge in [0.05, 0.1) is 0 Å². The molecule has 0 aromatic heterocycles. The van der Waals surface area contributed by atoms with Gasteiger partial charge in [-0.05, 0) is 30.5 Å². The van der Waals surface area contributed by atoms with E-state index in [0.29, 0.717) is 12.2 Å². The zero-order valence-electron chi connectivity index (χ0n) is 17.8. The molecule has 0 fully saturated rings. The van der Waals surface area contributed by atoms with Crippen molar-refractivity contribution in [3.05, 3.63) is 65.7 Å². The van der Waals surface area contributed by atoms with Crippen molar-refractivity contribution in [2.75, 3.05) is 19.0 Å². The predicted molar refractivity (Wildman–Crippen MR) is 116 cm³/mol. The average molecular weight is 412 g/mol. The van der Waals surface area contributed by atoms with Gasteiger partial charge in [0, 0.05) is 19.3 Å². The highest BCUT2D eigenvalue weighted by Gasteiger charge is 2.26. The van der Waals surface area contributed by atoms with Crippen molar-refractivity contribution >= 4 is 23.6 Å². The number of hydrogen-bond donors (Lipinski definition) is 2. The van der Waals surface area contributed by atoms with Crippen molar-refractivity contribution in [1.82, 2.24) is 10.2 Å². The Labute approximate surface area is 177 Å². The van der Waals surface area contributed by atoms with Crippen LogP contribution in [0, 0.1) is 12.8 Å². The lowest BCUT2D eigenvalue weighted by molar-refractivity contribution is -0.154. The molecule has 0 aliphatic rings. The third kappa shape index (κ3) is 7.24. The monoisotopic (exact) mass is 411 g/mol. The summed E-state index contributed by atoms with van der Waals surface area (Å²) in [5.41, 5.74) is 2.74. The molecule has 3 amide bonds. The fourth-order valence-electron chi connectivity index (χ4n) is 2.72. The van der Waals surface area contributed by atoms with Crippen LogP contribution in [0.2, 0.25) is 0 Å². The standard InChI is InChI=1S/C23H29N3O4/c1-16(2)21(25-23(29)24-19-8-6-5-7-9-19)22(28)30-15-20(27)26(4)14-18-12-10-17(3)11-13-18/h5-13,16,21H,14-15H2,1-4H3,(H2,24,25,29)/t21-/m0/s1. The van der Waals surface area contributed by atoms with E-state index < -0.39 is 18.0 Å². The first-order chi connectivity index (χ1) is 14.3. The predicted octanol–water partition coefficient (Wildman–Crippen LogP) is 3.34. The van der Waals surface area contributed by atoms with E-state index in [1.54, 1.807) is 45.2 Å². The van der Waals surface area contributed by atoms with Gasteiger partial charge in [0.2, 0.25) is 0 Å². The van der Waals surface area contributed by atoms with Crippen LogP contribution in [-0.4, -0.2) is 42.5 Å². The van der Waals surface area contributed by atoms with Crippen LogP contribution in [0.4, 0.5) is 10.5 Å². The molecule has 0 aliphatic carbocycles. The molecule has 2 aromatic carbocycles. The number of urea groups is 1. The quantitative estimate of drug-likeness (QED) is 0.652. The summed E-state index contributed by atoms with van der Waals surface area (Å²) in [6.45, 7) is 5.62. The number of para-hydroxylation sites is 1. The number of carbonyl (C=O) groups excluding carboxylic acids is 3. The topological polar surface area (TPSA) is 87.7 Å². The summed E-state index contributed by atoms with van der Waals surface area (Å²) in [7, 11) is 1.65. The van der Waals surface area contributed by atoms with Crippen LogP contribution in [0.5, 0.6) is 0 Å². The number of benzene rings is 2. The fraction of sp³-hybridized carbons (Fsp3) is 0.348. The highest BCUT2D eigenvalue weighted by atomic mass is 16.5. The molecule has 0 spiro atoms. The Kier molecular flexibility index (Phi) is 8.41. The highest BCUT2D eigenvalue weighted by molar-refractivity contribution is 5.93. The third-order valence-corrected chi connectivity index (χ3v) is 4.54. The van der Waals surface area contributed by atoms with E-state index in [2.05, 4.69) is 10.6 Å². The molecule has 0 aliphatic heterocycles. The van der Waals surface area contributed by atoms with Gasteiger partial charge in [0.1, 0.15) is 6.04 Å². The maximum atomic E-state index is 12.5. The average Bonchev–Trinajstić information content (AvgIpc) is 2.72. The number of amides is 3. The Balaban J connectivity index is 1.85. The molecule has 7 heteroatoms. The van der Waals surface area contributed by atoms with E-state index in [1.165, 1.54) is 4.90 Å². The molecule has 0 saturated carbocycles. The number of nitrogens with zero attached hydrogens (tertiary/aromatic N) is 1. The minimum atomic E-state index is -0.871. The third-order valence-electron chi connectivity index (χ3n) is 4.54. The summed E-state index contributed by atoms with van der Waals surface area (Å²) >= 11 is 0. The number of carbonyl (C=O) groups is 3. The fourth-order valence-corrected chi connectivity index (χ4v) is 2.72. The summed E-state index contributed by atoms with van der Waals surface area (Å²) in [5, 5.41) is 5.28. The van der Waals surface area contributed by atoms with E-state index in [4.69, 9.17) is 4.74 Å². The summed E-state index contributed by atoms with van der Waals surface area (Å²) in [5.74, 6) is -1.18. The van der Waals surface area contributed by atoms with Crippen molar-refractivity contribution in [2.45, 2.75) is 33.4 Å². The van der Waals surface area contributed by atoms with Gasteiger partial charge in [-0.15, -0.1) is 0 Å². The van der Waals surface area contributed by atoms with Gasteiger partial charge in [-0.2, -0.15) is 0 Å². The van der Waals surface area contributed by atoms with E-state index in [9.17, 15) is 14.4 Å². The molecule has 0 saturated heterocycles. The Bertz CT molecular complexity index is 851. The number of aryl methyl sites for hydroxylation is 1. The minimum Gasteiger partial charge on any atom is -0.454 e. The zero-order valence-corrected chi connectivity index (χ0v) is 17.8. The van der Waals surface area contributed by atoms with E-state index in [0.717, 1.165) is 11.1 Å². The minimum absolute atomic E-state index is 0.209. The lowest BCUT2D eigenvalue weighted by Crippen LogP contribution is -2.47. The highest BCUT2D eigenvalue weighted by Crippen LogP contribution is 2.09. The van der Waals surface area contributed by atoms with Crippen LogP contribution in [-0.2, 0) is 20.9 Å². The van der Waals surface area contributed by atoms with E-state index in [-0.39, 0.29) is 18.4 Å². The Hall–Kier alpha value is -3.35. The number of nitrogens with one attached hydrogen (secondary N) is 2. The van der Waals surface area contributed by atoms with Gasteiger partial charge in [0.15, 0.2) is 6.61 Å². The molecule has 7 nitrogen and oxygen atoms in total. The first-order valence-electron chi connectivity index (χ1n) is 9.85. The van der Waals surface area contributed by atoms with Crippen molar-refractivity contribution < 1.29 is 19.1 Å². The maximum absolute atomic E-state index is 12.5. The van der Waals surface area contributed by atoms with Crippen LogP contribution >= 0.6 is 0 Å². The molecule has 0 unspecified atom stereocenters. The van der Waals surface area contributed by atoms with Crippen LogP contribution in [0.3, 0.4) is 0 Å². The Morgan fingerprint density at radius 1 is 1.00 bits per heavy atom. The van der Waals surface area contributed by atoms with Crippen molar-refractivity contribution in [3.63, 3.8) is 0 Å². The molecular formula is C23H29N3O4. The molecule has 160 valence electrons. The van der Waals surface area contributed by atoms with Gasteiger partial charge in [0.25, 0.3) is 5.91 Å². The van der Waals surface area contributed by atoms with Crippen molar-refractivity contribution in [1.29, 1.82) is 0 Å². The molecule has 2 rings (SSSR count). The molecule has 30 heavy (non-hydrogen) atoms. The molecule has 0 heterocycles. The second-order valence-electron chi connectivity index (χ2n) is 7.53. The van der Waals surface area contributed by atoms with Crippen LogP contribution in [0.25, 0.3) is 0 Å². The molecule has 2 aromatic rings. The number of ether oxygens (including phenoxy) is 1. The first-order valence-corrected chi connectivity index (χ1v) is 9.85. The summed E-state index contributed by atoms with van der Waals surface area (Å²) < 4.78 is 5.18. The number of rotatable bonds is 8. The van der Waals surface area contributed by atoms with Gasteiger partial charge in [-0.1, -0.05) is 61.9 Å². The van der Waals surface area contributed by atoms with Gasteiger partial charge < -0.3 is 20.3 Å². The second kappa shape index (κ2) is 11.0.